The van der Waals surface area contributed by atoms with E-state index in [4.69, 9.17) is 4.74 Å². The van der Waals surface area contributed by atoms with Crippen LogP contribution in [0.25, 0.3) is 0 Å². The Labute approximate surface area is 128 Å². The van der Waals surface area contributed by atoms with E-state index in [1.165, 1.54) is 93.4 Å². The van der Waals surface area contributed by atoms with E-state index in [2.05, 4.69) is 0 Å². The Kier molecular flexibility index (Phi) is 5.70. The summed E-state index contributed by atoms with van der Waals surface area (Å²) in [6.45, 7) is 13.2. The van der Waals surface area contributed by atoms with E-state index in [1.807, 2.05) is 0 Å². The van der Waals surface area contributed by atoms with Crippen LogP contribution in [0, 0.1) is 0 Å². The number of quaternary nitrogens is 2. The molecule has 0 unspecified atom stereocenters. The van der Waals surface area contributed by atoms with Gasteiger partial charge in [-0.2, -0.15) is 0 Å². The lowest BCUT2D eigenvalue weighted by Crippen LogP contribution is -3.00. The van der Waals surface area contributed by atoms with E-state index in [0.717, 1.165) is 13.2 Å². The first-order chi connectivity index (χ1) is 8.83. The topological polar surface area (TPSA) is 9.23 Å². The second-order valence-electron chi connectivity index (χ2n) is 6.85. The van der Waals surface area contributed by atoms with Crippen molar-refractivity contribution in [2.24, 2.45) is 0 Å². The second-order valence-corrected chi connectivity index (χ2v) is 6.85. The summed E-state index contributed by atoms with van der Waals surface area (Å²) in [5, 5.41) is 0. The molecular weight excluding hydrogens is 304 g/mol. The normalized spacial score (nSPS) is 30.3. The maximum Gasteiger partial charge on any atom is 0.129 e. The predicted octanol–water partition coefficient (Wildman–Crippen LogP) is -1.37. The largest absolute Gasteiger partial charge is 1.00 e. The van der Waals surface area contributed by atoms with Gasteiger partial charge in [-0.3, -0.25) is 0 Å². The fraction of sp³-hybridized carbons (Fsp3) is 1.00. The van der Waals surface area contributed by atoms with Gasteiger partial charge >= 0.3 is 0 Å². The number of nitrogens with zero attached hydrogens (tertiary/aromatic N) is 2. The van der Waals surface area contributed by atoms with Crippen LogP contribution in [0.5, 0.6) is 0 Å². The first-order valence-electron chi connectivity index (χ1n) is 8.11. The van der Waals surface area contributed by atoms with Gasteiger partial charge in [0.2, 0.25) is 0 Å². The van der Waals surface area contributed by atoms with E-state index in [0.29, 0.717) is 0 Å². The zero-order chi connectivity index (χ0) is 12.3. The molecule has 3 aliphatic rings. The lowest BCUT2D eigenvalue weighted by molar-refractivity contribution is -0.966. The predicted molar refractivity (Wildman–Crippen MR) is 73.4 cm³/mol. The maximum atomic E-state index is 5.57. The molecule has 0 radical (unpaired) electrons. The van der Waals surface area contributed by atoms with Crippen LogP contribution in [-0.2, 0) is 4.74 Å². The molecule has 4 heteroatoms. The Hall–Kier alpha value is 0.360. The molecule has 0 amide bonds. The molecule has 3 saturated heterocycles. The first kappa shape index (κ1) is 15.7. The van der Waals surface area contributed by atoms with Gasteiger partial charge in [0.15, 0.2) is 0 Å². The van der Waals surface area contributed by atoms with Crippen LogP contribution in [0.3, 0.4) is 0 Å². The number of rotatable bonds is 0. The zero-order valence-corrected chi connectivity index (χ0v) is 13.9. The maximum absolute atomic E-state index is 5.57. The van der Waals surface area contributed by atoms with Gasteiger partial charge in [0.25, 0.3) is 0 Å². The lowest BCUT2D eigenvalue weighted by Gasteiger charge is -2.41. The van der Waals surface area contributed by atoms with E-state index >= 15 is 0 Å². The first-order valence-corrected chi connectivity index (χ1v) is 8.11. The Morgan fingerprint density at radius 3 is 1.53 bits per heavy atom. The molecule has 0 aromatic carbocycles. The molecule has 0 saturated carbocycles. The van der Waals surface area contributed by atoms with Gasteiger partial charge < -0.3 is 30.7 Å². The molecule has 0 N–H and O–H groups in total. The van der Waals surface area contributed by atoms with Gasteiger partial charge in [-0.05, 0) is 25.7 Å². The van der Waals surface area contributed by atoms with Crippen molar-refractivity contribution in [1.82, 2.24) is 0 Å². The summed E-state index contributed by atoms with van der Waals surface area (Å²) in [7, 11) is 0. The molecule has 0 aromatic heterocycles. The Balaban J connectivity index is 0.00000133. The minimum atomic E-state index is 0. The van der Waals surface area contributed by atoms with E-state index in [1.54, 1.807) is 0 Å². The number of ether oxygens (including phenoxy) is 1. The summed E-state index contributed by atoms with van der Waals surface area (Å²) in [6, 6.07) is 0. The van der Waals surface area contributed by atoms with Gasteiger partial charge in [0.05, 0.1) is 39.4 Å². The molecule has 0 aliphatic carbocycles. The third-order valence-corrected chi connectivity index (χ3v) is 5.75. The Morgan fingerprint density at radius 1 is 0.474 bits per heavy atom. The van der Waals surface area contributed by atoms with Crippen molar-refractivity contribution in [2.45, 2.75) is 32.1 Å². The van der Waals surface area contributed by atoms with Crippen molar-refractivity contribution in [3.63, 3.8) is 0 Å². The van der Waals surface area contributed by atoms with Crippen LogP contribution in [0.1, 0.15) is 32.1 Å². The van der Waals surface area contributed by atoms with Crippen LogP contribution in [0.4, 0.5) is 0 Å². The second kappa shape index (κ2) is 6.88. The number of morpholine rings is 1. The quantitative estimate of drug-likeness (QED) is 0.497. The lowest BCUT2D eigenvalue weighted by atomic mass is 10.2. The highest BCUT2D eigenvalue weighted by Gasteiger charge is 2.39. The molecule has 3 nitrogen and oxygen atoms in total. The summed E-state index contributed by atoms with van der Waals surface area (Å²) < 4.78 is 8.41. The SMILES string of the molecule is C1CCC[N+]2(CC1)CCC[N+]1(CCOCC1)CC2.[Br-]. The summed E-state index contributed by atoms with van der Waals surface area (Å²) >= 11 is 0. The van der Waals surface area contributed by atoms with Crippen LogP contribution in [0.15, 0.2) is 0 Å². The summed E-state index contributed by atoms with van der Waals surface area (Å²) in [5.74, 6) is 0. The number of hydrogen-bond donors (Lipinski definition) is 0. The molecular formula is C15H30BrN2O+. The Bertz CT molecular complexity index is 271. The third kappa shape index (κ3) is 3.72. The molecule has 3 fully saturated rings. The van der Waals surface area contributed by atoms with Crippen molar-refractivity contribution >= 4 is 0 Å². The average molecular weight is 334 g/mol. The van der Waals surface area contributed by atoms with Crippen molar-refractivity contribution < 1.29 is 30.7 Å². The molecule has 3 heterocycles. The van der Waals surface area contributed by atoms with Crippen molar-refractivity contribution in [3.05, 3.63) is 0 Å². The fourth-order valence-corrected chi connectivity index (χ4v) is 4.37. The summed E-state index contributed by atoms with van der Waals surface area (Å²) in [6.07, 6.45) is 7.36. The Morgan fingerprint density at radius 2 is 0.947 bits per heavy atom. The molecule has 112 valence electrons. The van der Waals surface area contributed by atoms with Crippen molar-refractivity contribution in [3.8, 4) is 0 Å². The van der Waals surface area contributed by atoms with Gasteiger partial charge in [0.1, 0.15) is 26.2 Å². The third-order valence-electron chi connectivity index (χ3n) is 5.75. The monoisotopic (exact) mass is 333 g/mol. The van der Waals surface area contributed by atoms with E-state index in [-0.39, 0.29) is 17.0 Å². The zero-order valence-electron chi connectivity index (χ0n) is 12.3. The van der Waals surface area contributed by atoms with Crippen molar-refractivity contribution in [1.29, 1.82) is 0 Å². The highest BCUT2D eigenvalue weighted by Crippen LogP contribution is 2.24. The van der Waals surface area contributed by atoms with Crippen LogP contribution < -0.4 is 17.0 Å². The van der Waals surface area contributed by atoms with Crippen molar-refractivity contribution in [2.75, 3.05) is 65.6 Å². The molecule has 0 bridgehead atoms. The average Bonchev–Trinajstić information content (AvgIpc) is 2.72. The number of hydrogen-bond acceptors (Lipinski definition) is 1. The van der Waals surface area contributed by atoms with Gasteiger partial charge in [-0.25, -0.2) is 0 Å². The number of halogens is 1. The summed E-state index contributed by atoms with van der Waals surface area (Å²) in [4.78, 5) is 0. The van der Waals surface area contributed by atoms with Gasteiger partial charge in [0, 0.05) is 6.42 Å². The van der Waals surface area contributed by atoms with Crippen LogP contribution in [0.2, 0.25) is 0 Å². The molecule has 0 aromatic rings. The smallest absolute Gasteiger partial charge is 0.129 e. The summed E-state index contributed by atoms with van der Waals surface area (Å²) in [5.41, 5.74) is 0. The van der Waals surface area contributed by atoms with E-state index in [9.17, 15) is 0 Å². The minimum absolute atomic E-state index is 0. The minimum Gasteiger partial charge on any atom is -1.00 e. The van der Waals surface area contributed by atoms with E-state index < -0.39 is 0 Å². The van der Waals surface area contributed by atoms with Gasteiger partial charge in [-0.1, -0.05) is 0 Å². The highest BCUT2D eigenvalue weighted by molar-refractivity contribution is 4.60. The van der Waals surface area contributed by atoms with Crippen LogP contribution >= 0.6 is 0 Å². The molecule has 3 rings (SSSR count). The van der Waals surface area contributed by atoms with Gasteiger partial charge in [-0.15, -0.1) is 0 Å². The molecule has 2 spiro atoms. The standard InChI is InChI=1S/C15H30N2O.BrH/c1-2-4-7-16(6-3-1)8-5-9-17(11-10-16)12-14-18-15-13-17;/h1-15H2;1H/q+2;/p-1. The van der Waals surface area contributed by atoms with Crippen LogP contribution in [-0.4, -0.2) is 74.5 Å². The fourth-order valence-electron chi connectivity index (χ4n) is 4.37. The molecule has 19 heavy (non-hydrogen) atoms. The molecule has 3 aliphatic heterocycles. The highest BCUT2D eigenvalue weighted by atomic mass is 79.9. The molecule has 0 atom stereocenters.